The number of aromatic nitrogens is 3. The van der Waals surface area contributed by atoms with Crippen molar-refractivity contribution in [1.82, 2.24) is 29.7 Å². The highest BCUT2D eigenvalue weighted by molar-refractivity contribution is 7.80. The molecule has 2 atom stereocenters. The van der Waals surface area contributed by atoms with Gasteiger partial charge in [-0.3, -0.25) is 9.97 Å². The van der Waals surface area contributed by atoms with E-state index in [9.17, 15) is 0 Å². The summed E-state index contributed by atoms with van der Waals surface area (Å²) in [6.07, 6.45) is 6.62. The van der Waals surface area contributed by atoms with Crippen LogP contribution in [0.1, 0.15) is 46.7 Å². The third kappa shape index (κ3) is 4.69. The van der Waals surface area contributed by atoms with Gasteiger partial charge in [0.05, 0.1) is 17.8 Å². The van der Waals surface area contributed by atoms with Crippen LogP contribution in [0.15, 0.2) is 55.0 Å². The van der Waals surface area contributed by atoms with Crippen molar-refractivity contribution in [3.63, 3.8) is 0 Å². The number of nitrogens with zero attached hydrogens (tertiary/aromatic N) is 5. The molecule has 1 aliphatic rings. The zero-order valence-corrected chi connectivity index (χ0v) is 20.1. The highest BCUT2D eigenvalue weighted by Crippen LogP contribution is 2.41. The van der Waals surface area contributed by atoms with E-state index in [0.717, 1.165) is 36.9 Å². The largest absolute Gasteiger partial charge is 0.352 e. The van der Waals surface area contributed by atoms with Crippen LogP contribution in [0, 0.1) is 13.8 Å². The molecular weight excluding hydrogens is 416 g/mol. The first kappa shape index (κ1) is 22.4. The summed E-state index contributed by atoms with van der Waals surface area (Å²) in [6, 6.07) is 12.7. The van der Waals surface area contributed by atoms with E-state index in [-0.39, 0.29) is 12.1 Å². The summed E-state index contributed by atoms with van der Waals surface area (Å²) < 4.78 is 2.39. The summed E-state index contributed by atoms with van der Waals surface area (Å²) in [5.74, 6) is 0. The van der Waals surface area contributed by atoms with E-state index in [1.165, 1.54) is 22.5 Å². The fraction of sp³-hybridized carbons (Fsp3) is 0.400. The smallest absolute Gasteiger partial charge is 0.170 e. The Kier molecular flexibility index (Phi) is 6.86. The number of thiocarbonyl (C=S) groups is 1. The number of nitrogens with one attached hydrogen (secondary N) is 1. The minimum Gasteiger partial charge on any atom is -0.352 e. The molecule has 0 unspecified atom stereocenters. The molecule has 4 heterocycles. The Morgan fingerprint density at radius 3 is 2.56 bits per heavy atom. The number of aryl methyl sites for hydroxylation is 1. The Bertz CT molecular complexity index is 1050. The molecule has 1 N–H and O–H groups in total. The lowest BCUT2D eigenvalue weighted by Crippen LogP contribution is -2.32. The van der Waals surface area contributed by atoms with Gasteiger partial charge in [0.25, 0.3) is 0 Å². The zero-order chi connectivity index (χ0) is 22.7. The van der Waals surface area contributed by atoms with E-state index in [1.807, 2.05) is 30.7 Å². The van der Waals surface area contributed by atoms with Crippen LogP contribution in [0.4, 0.5) is 0 Å². The van der Waals surface area contributed by atoms with Crippen molar-refractivity contribution >= 4 is 17.3 Å². The van der Waals surface area contributed by atoms with E-state index in [1.54, 1.807) is 0 Å². The highest BCUT2D eigenvalue weighted by Gasteiger charge is 2.41. The second-order valence-corrected chi connectivity index (χ2v) is 9.13. The molecule has 0 bridgehead atoms. The number of pyridine rings is 2. The maximum atomic E-state index is 5.82. The van der Waals surface area contributed by atoms with Crippen LogP contribution in [0.5, 0.6) is 0 Å². The van der Waals surface area contributed by atoms with Crippen LogP contribution in [0.25, 0.3) is 0 Å². The van der Waals surface area contributed by atoms with Crippen molar-refractivity contribution in [2.24, 2.45) is 0 Å². The van der Waals surface area contributed by atoms with Crippen LogP contribution in [-0.4, -0.2) is 56.6 Å². The number of rotatable bonds is 8. The van der Waals surface area contributed by atoms with E-state index in [4.69, 9.17) is 12.2 Å². The molecule has 32 heavy (non-hydrogen) atoms. The van der Waals surface area contributed by atoms with Crippen molar-refractivity contribution in [3.8, 4) is 0 Å². The van der Waals surface area contributed by atoms with E-state index in [0.29, 0.717) is 0 Å². The third-order valence-corrected chi connectivity index (χ3v) is 6.58. The lowest BCUT2D eigenvalue weighted by atomic mass is 9.96. The first-order chi connectivity index (χ1) is 15.5. The molecule has 0 radical (unpaired) electrons. The normalized spacial score (nSPS) is 18.4. The predicted octanol–water partition coefficient (Wildman–Crippen LogP) is 3.87. The van der Waals surface area contributed by atoms with Crippen molar-refractivity contribution in [3.05, 3.63) is 83.2 Å². The molecule has 0 saturated carbocycles. The van der Waals surface area contributed by atoms with Crippen molar-refractivity contribution < 1.29 is 0 Å². The van der Waals surface area contributed by atoms with Gasteiger partial charge in [-0.15, -0.1) is 0 Å². The summed E-state index contributed by atoms with van der Waals surface area (Å²) in [7, 11) is 4.23. The Hall–Kier alpha value is -2.77. The van der Waals surface area contributed by atoms with Gasteiger partial charge < -0.3 is 19.7 Å². The minimum absolute atomic E-state index is 0.0259. The van der Waals surface area contributed by atoms with Gasteiger partial charge in [-0.2, -0.15) is 0 Å². The maximum Gasteiger partial charge on any atom is 0.170 e. The summed E-state index contributed by atoms with van der Waals surface area (Å²) in [5.41, 5.74) is 6.10. The Labute approximate surface area is 196 Å². The molecule has 1 aliphatic heterocycles. The van der Waals surface area contributed by atoms with Gasteiger partial charge in [-0.25, -0.2) is 0 Å². The predicted molar refractivity (Wildman–Crippen MR) is 133 cm³/mol. The first-order valence-electron chi connectivity index (χ1n) is 11.1. The minimum atomic E-state index is 0.0259. The monoisotopic (exact) mass is 448 g/mol. The standard InChI is InChI=1S/C25H32N6S/c1-18-16-21(19(2)31(18)17-20-9-12-26-13-10-20)24-23(22-8-5-6-11-27-22)28-25(32)30(24)15-7-14-29(3)4/h5-6,8-13,16,23-24H,7,14-15,17H2,1-4H3,(H,28,32)/t23-,24-/m1/s1. The van der Waals surface area contributed by atoms with Gasteiger partial charge in [0.15, 0.2) is 5.11 Å². The molecule has 1 saturated heterocycles. The molecule has 1 fully saturated rings. The quantitative estimate of drug-likeness (QED) is 0.528. The fourth-order valence-electron chi connectivity index (χ4n) is 4.58. The Balaban J connectivity index is 1.70. The van der Waals surface area contributed by atoms with Crippen molar-refractivity contribution in [1.29, 1.82) is 0 Å². The average Bonchev–Trinajstić information content (AvgIpc) is 3.25. The van der Waals surface area contributed by atoms with E-state index in [2.05, 4.69) is 81.9 Å². The van der Waals surface area contributed by atoms with Gasteiger partial charge >= 0.3 is 0 Å². The molecule has 7 heteroatoms. The first-order valence-corrected chi connectivity index (χ1v) is 11.5. The van der Waals surface area contributed by atoms with Crippen molar-refractivity contribution in [2.75, 3.05) is 27.2 Å². The van der Waals surface area contributed by atoms with Gasteiger partial charge in [0, 0.05) is 43.1 Å². The van der Waals surface area contributed by atoms with Gasteiger partial charge in [0.1, 0.15) is 0 Å². The SMILES string of the molecule is Cc1cc([C@@H]2[C@@H](c3ccccn3)NC(=S)N2CCCN(C)C)c(C)n1Cc1ccncc1. The molecule has 0 aliphatic carbocycles. The second kappa shape index (κ2) is 9.79. The average molecular weight is 449 g/mol. The molecule has 4 rings (SSSR count). The summed E-state index contributed by atoms with van der Waals surface area (Å²) >= 11 is 5.82. The van der Waals surface area contributed by atoms with Crippen LogP contribution in [0.3, 0.4) is 0 Å². The molecule has 3 aromatic rings. The van der Waals surface area contributed by atoms with Crippen molar-refractivity contribution in [2.45, 2.75) is 38.9 Å². The van der Waals surface area contributed by atoms with Crippen LogP contribution in [0.2, 0.25) is 0 Å². The Morgan fingerprint density at radius 2 is 1.88 bits per heavy atom. The lowest BCUT2D eigenvalue weighted by Gasteiger charge is -2.28. The third-order valence-electron chi connectivity index (χ3n) is 6.22. The molecule has 6 nitrogen and oxygen atoms in total. The molecule has 0 aromatic carbocycles. The topological polar surface area (TPSA) is 49.2 Å². The summed E-state index contributed by atoms with van der Waals surface area (Å²) in [4.78, 5) is 13.4. The second-order valence-electron chi connectivity index (χ2n) is 8.74. The van der Waals surface area contributed by atoms with Crippen LogP contribution >= 0.6 is 12.2 Å². The molecule has 0 spiro atoms. The lowest BCUT2D eigenvalue weighted by molar-refractivity contribution is 0.292. The molecule has 3 aromatic heterocycles. The van der Waals surface area contributed by atoms with E-state index < -0.39 is 0 Å². The maximum absolute atomic E-state index is 5.82. The van der Waals surface area contributed by atoms with Gasteiger partial charge in [0.2, 0.25) is 0 Å². The van der Waals surface area contributed by atoms with Gasteiger partial charge in [-0.05, 0) is 94.6 Å². The summed E-state index contributed by atoms with van der Waals surface area (Å²) in [6.45, 7) is 7.18. The fourth-order valence-corrected chi connectivity index (χ4v) is 4.92. The van der Waals surface area contributed by atoms with Crippen LogP contribution in [-0.2, 0) is 6.54 Å². The molecule has 168 valence electrons. The number of hydrogen-bond donors (Lipinski definition) is 1. The summed E-state index contributed by atoms with van der Waals surface area (Å²) in [5, 5.41) is 4.38. The molecular formula is C25H32N6S. The zero-order valence-electron chi connectivity index (χ0n) is 19.3. The van der Waals surface area contributed by atoms with E-state index >= 15 is 0 Å². The van der Waals surface area contributed by atoms with Crippen LogP contribution < -0.4 is 5.32 Å². The van der Waals surface area contributed by atoms with Gasteiger partial charge in [-0.1, -0.05) is 6.07 Å². The highest BCUT2D eigenvalue weighted by atomic mass is 32.1. The number of hydrogen-bond acceptors (Lipinski definition) is 4. The Morgan fingerprint density at radius 1 is 1.09 bits per heavy atom. The molecule has 0 amide bonds.